The Balaban J connectivity index is 1.75. The van der Waals surface area contributed by atoms with Gasteiger partial charge in [-0.15, -0.1) is 0 Å². The van der Waals surface area contributed by atoms with Crippen LogP contribution in [0.3, 0.4) is 0 Å². The Kier molecular flexibility index (Phi) is 5.50. The van der Waals surface area contributed by atoms with Crippen molar-refractivity contribution in [1.29, 1.82) is 0 Å². The molecule has 0 spiro atoms. The van der Waals surface area contributed by atoms with E-state index < -0.39 is 16.0 Å². The van der Waals surface area contributed by atoms with Gasteiger partial charge in [0.2, 0.25) is 10.0 Å². The van der Waals surface area contributed by atoms with Crippen molar-refractivity contribution in [2.45, 2.75) is 23.7 Å². The van der Waals surface area contributed by atoms with E-state index in [1.165, 1.54) is 12.1 Å². The van der Waals surface area contributed by atoms with Crippen LogP contribution < -0.4 is 9.46 Å². The molecule has 1 aliphatic heterocycles. The molecule has 0 aliphatic carbocycles. The molecule has 0 bridgehead atoms. The SMILES string of the molecule is O=C(O)Cc1ccc2c(c1)OCCC2CNS(=O)(=O)c1cccc(Cl)c1. The smallest absolute Gasteiger partial charge is 0.307 e. The fourth-order valence-corrected chi connectivity index (χ4v) is 4.31. The van der Waals surface area contributed by atoms with Crippen molar-refractivity contribution in [2.24, 2.45) is 0 Å². The molecule has 2 N–H and O–H groups in total. The number of rotatable bonds is 6. The first-order chi connectivity index (χ1) is 12.3. The molecule has 3 rings (SSSR count). The fourth-order valence-electron chi connectivity index (χ4n) is 2.93. The zero-order valence-corrected chi connectivity index (χ0v) is 15.4. The Morgan fingerprint density at radius 3 is 2.81 bits per heavy atom. The van der Waals surface area contributed by atoms with Gasteiger partial charge < -0.3 is 9.84 Å². The van der Waals surface area contributed by atoms with Gasteiger partial charge in [0.25, 0.3) is 0 Å². The van der Waals surface area contributed by atoms with Crippen molar-refractivity contribution < 1.29 is 23.1 Å². The molecule has 6 nitrogen and oxygen atoms in total. The van der Waals surface area contributed by atoms with Crippen LogP contribution in [0.5, 0.6) is 5.75 Å². The van der Waals surface area contributed by atoms with Gasteiger partial charge in [-0.05, 0) is 41.8 Å². The molecule has 0 saturated heterocycles. The molecule has 2 aromatic rings. The second-order valence-corrected chi connectivity index (χ2v) is 8.29. The van der Waals surface area contributed by atoms with Crippen LogP contribution in [0.25, 0.3) is 0 Å². The maximum atomic E-state index is 12.4. The Labute approximate surface area is 156 Å². The van der Waals surface area contributed by atoms with E-state index in [0.29, 0.717) is 29.4 Å². The van der Waals surface area contributed by atoms with Gasteiger partial charge in [-0.1, -0.05) is 29.8 Å². The third-order valence-electron chi connectivity index (χ3n) is 4.22. The summed E-state index contributed by atoms with van der Waals surface area (Å²) in [6.45, 7) is 0.677. The van der Waals surface area contributed by atoms with Crippen LogP contribution in [0.2, 0.25) is 5.02 Å². The van der Waals surface area contributed by atoms with Crippen molar-refractivity contribution in [3.63, 3.8) is 0 Å². The summed E-state index contributed by atoms with van der Waals surface area (Å²) >= 11 is 5.87. The lowest BCUT2D eigenvalue weighted by atomic mass is 9.92. The maximum Gasteiger partial charge on any atom is 0.307 e. The third kappa shape index (κ3) is 4.35. The molecule has 1 heterocycles. The van der Waals surface area contributed by atoms with E-state index in [-0.39, 0.29) is 23.8 Å². The topological polar surface area (TPSA) is 92.7 Å². The van der Waals surface area contributed by atoms with E-state index in [9.17, 15) is 13.2 Å². The van der Waals surface area contributed by atoms with Crippen molar-refractivity contribution in [3.8, 4) is 5.75 Å². The van der Waals surface area contributed by atoms with Gasteiger partial charge in [-0.25, -0.2) is 13.1 Å². The third-order valence-corrected chi connectivity index (χ3v) is 5.88. The summed E-state index contributed by atoms with van der Waals surface area (Å²) in [4.78, 5) is 11.0. The molecule has 0 saturated carbocycles. The lowest BCUT2D eigenvalue weighted by Crippen LogP contribution is -2.31. The summed E-state index contributed by atoms with van der Waals surface area (Å²) in [5.74, 6) is -0.347. The maximum absolute atomic E-state index is 12.4. The predicted octanol–water partition coefficient (Wildman–Crippen LogP) is 2.81. The van der Waals surface area contributed by atoms with Crippen LogP contribution in [0.1, 0.15) is 23.5 Å². The van der Waals surface area contributed by atoms with Crippen LogP contribution in [-0.4, -0.2) is 32.6 Å². The highest BCUT2D eigenvalue weighted by Gasteiger charge is 2.24. The first-order valence-electron chi connectivity index (χ1n) is 8.08. The number of benzene rings is 2. The van der Waals surface area contributed by atoms with E-state index in [2.05, 4.69) is 4.72 Å². The number of hydrogen-bond donors (Lipinski definition) is 2. The molecule has 0 aromatic heterocycles. The van der Waals surface area contributed by atoms with Crippen molar-refractivity contribution >= 4 is 27.6 Å². The quantitative estimate of drug-likeness (QED) is 0.784. The second kappa shape index (κ2) is 7.65. The number of nitrogens with one attached hydrogen (secondary N) is 1. The summed E-state index contributed by atoms with van der Waals surface area (Å²) in [5.41, 5.74) is 1.52. The zero-order valence-electron chi connectivity index (χ0n) is 13.8. The Morgan fingerprint density at radius 1 is 1.27 bits per heavy atom. The van der Waals surface area contributed by atoms with Crippen molar-refractivity contribution in [1.82, 2.24) is 4.72 Å². The van der Waals surface area contributed by atoms with Crippen LogP contribution >= 0.6 is 11.6 Å². The number of fused-ring (bicyclic) bond motifs is 1. The summed E-state index contributed by atoms with van der Waals surface area (Å²) in [5, 5.41) is 9.25. The molecule has 0 amide bonds. The highest BCUT2D eigenvalue weighted by molar-refractivity contribution is 7.89. The normalized spacial score (nSPS) is 16.6. The molecule has 26 heavy (non-hydrogen) atoms. The standard InChI is InChI=1S/C18H18ClNO5S/c19-14-2-1-3-15(10-14)26(23,24)20-11-13-6-7-25-17-8-12(9-18(21)22)4-5-16(13)17/h1-5,8,10,13,20H,6-7,9,11H2,(H,21,22). The first kappa shape index (κ1) is 18.7. The van der Waals surface area contributed by atoms with Gasteiger partial charge in [-0.2, -0.15) is 0 Å². The zero-order chi connectivity index (χ0) is 18.7. The van der Waals surface area contributed by atoms with E-state index in [0.717, 1.165) is 5.56 Å². The fraction of sp³-hybridized carbons (Fsp3) is 0.278. The van der Waals surface area contributed by atoms with Crippen LogP contribution in [0, 0.1) is 0 Å². The van der Waals surface area contributed by atoms with Gasteiger partial charge >= 0.3 is 5.97 Å². The van der Waals surface area contributed by atoms with E-state index in [1.807, 2.05) is 6.07 Å². The molecule has 1 aliphatic rings. The molecule has 2 aromatic carbocycles. The minimum atomic E-state index is -3.66. The van der Waals surface area contributed by atoms with Crippen molar-refractivity contribution in [2.75, 3.05) is 13.2 Å². The summed E-state index contributed by atoms with van der Waals surface area (Å²) in [7, 11) is -3.66. The van der Waals surface area contributed by atoms with Crippen LogP contribution in [-0.2, 0) is 21.2 Å². The van der Waals surface area contributed by atoms with Gasteiger partial charge in [0, 0.05) is 17.5 Å². The average Bonchev–Trinajstić information content (AvgIpc) is 2.59. The number of sulfonamides is 1. The Bertz CT molecular complexity index is 929. The number of carboxylic acids is 1. The summed E-state index contributed by atoms with van der Waals surface area (Å²) < 4.78 is 33.1. The number of halogens is 1. The van der Waals surface area contributed by atoms with Gasteiger partial charge in [-0.3, -0.25) is 4.79 Å². The van der Waals surface area contributed by atoms with Crippen molar-refractivity contribution in [3.05, 3.63) is 58.6 Å². The molecule has 1 unspecified atom stereocenters. The number of hydrogen-bond acceptors (Lipinski definition) is 4. The number of aliphatic carboxylic acids is 1. The Hall–Kier alpha value is -2.09. The van der Waals surface area contributed by atoms with Gasteiger partial charge in [0.05, 0.1) is 17.9 Å². The molecular formula is C18H18ClNO5S. The van der Waals surface area contributed by atoms with Crippen LogP contribution in [0.4, 0.5) is 0 Å². The minimum absolute atomic E-state index is 0.0495. The first-order valence-corrected chi connectivity index (χ1v) is 9.94. The highest BCUT2D eigenvalue weighted by atomic mass is 35.5. The minimum Gasteiger partial charge on any atom is -0.493 e. The molecular weight excluding hydrogens is 378 g/mol. The Morgan fingerprint density at radius 2 is 2.08 bits per heavy atom. The highest BCUT2D eigenvalue weighted by Crippen LogP contribution is 2.34. The van der Waals surface area contributed by atoms with Gasteiger partial charge in [0.1, 0.15) is 5.75 Å². The average molecular weight is 396 g/mol. The molecule has 138 valence electrons. The second-order valence-electron chi connectivity index (χ2n) is 6.09. The molecule has 0 fully saturated rings. The monoisotopic (exact) mass is 395 g/mol. The summed E-state index contributed by atoms with van der Waals surface area (Å²) in [6.07, 6.45) is 0.589. The lowest BCUT2D eigenvalue weighted by molar-refractivity contribution is -0.136. The largest absolute Gasteiger partial charge is 0.493 e. The molecule has 1 atom stereocenters. The molecule has 8 heteroatoms. The predicted molar refractivity (Wildman–Crippen MR) is 97.3 cm³/mol. The van der Waals surface area contributed by atoms with E-state index in [4.69, 9.17) is 21.4 Å². The van der Waals surface area contributed by atoms with E-state index in [1.54, 1.807) is 24.3 Å². The molecule has 0 radical (unpaired) electrons. The lowest BCUT2D eigenvalue weighted by Gasteiger charge is -2.26. The van der Waals surface area contributed by atoms with E-state index >= 15 is 0 Å². The number of carboxylic acid groups (broad SMARTS) is 1. The van der Waals surface area contributed by atoms with Gasteiger partial charge in [0.15, 0.2) is 0 Å². The number of carbonyl (C=O) groups is 1. The number of ether oxygens (including phenoxy) is 1. The summed E-state index contributed by atoms with van der Waals surface area (Å²) in [6, 6.07) is 11.4. The van der Waals surface area contributed by atoms with Crippen LogP contribution in [0.15, 0.2) is 47.4 Å².